The predicted octanol–water partition coefficient (Wildman–Crippen LogP) is 2.02. The van der Waals surface area contributed by atoms with E-state index < -0.39 is 20.9 Å². The molecule has 90 valence electrons. The van der Waals surface area contributed by atoms with Crippen molar-refractivity contribution in [3.8, 4) is 0 Å². The van der Waals surface area contributed by atoms with Crippen LogP contribution in [0.2, 0.25) is 0 Å². The number of halogens is 1. The topological polar surface area (TPSA) is 43.4 Å². The van der Waals surface area contributed by atoms with Gasteiger partial charge in [-0.15, -0.1) is 0 Å². The summed E-state index contributed by atoms with van der Waals surface area (Å²) in [4.78, 5) is 0.150. The molecule has 0 bridgehead atoms. The number of hydrogen-bond acceptors (Lipinski definition) is 3. The Hall–Kier alpha value is -0.940. The van der Waals surface area contributed by atoms with Gasteiger partial charge in [-0.25, -0.2) is 12.8 Å². The van der Waals surface area contributed by atoms with E-state index in [0.29, 0.717) is 13.0 Å². The Morgan fingerprint density at radius 3 is 2.38 bits per heavy atom. The first-order valence-corrected chi connectivity index (χ1v) is 6.51. The van der Waals surface area contributed by atoms with Gasteiger partial charge in [-0.1, -0.05) is 0 Å². The average molecular weight is 246 g/mol. The first kappa shape index (κ1) is 13.1. The summed E-state index contributed by atoms with van der Waals surface area (Å²) >= 11 is 0. The lowest BCUT2D eigenvalue weighted by molar-refractivity contribution is 0.194. The monoisotopic (exact) mass is 246 g/mol. The normalized spacial score (nSPS) is 13.7. The number of sulfone groups is 1. The van der Waals surface area contributed by atoms with E-state index in [9.17, 15) is 12.8 Å². The summed E-state index contributed by atoms with van der Waals surface area (Å²) in [6, 6.07) is 4.87. The number of benzene rings is 1. The van der Waals surface area contributed by atoms with Gasteiger partial charge in [0.25, 0.3) is 0 Å². The zero-order chi connectivity index (χ0) is 12.2. The fourth-order valence-electron chi connectivity index (χ4n) is 1.30. The first-order valence-electron chi connectivity index (χ1n) is 4.97. The highest BCUT2D eigenvalue weighted by Crippen LogP contribution is 2.18. The fraction of sp³-hybridized carbons (Fsp3) is 0.455. The van der Waals surface area contributed by atoms with Crippen molar-refractivity contribution in [1.29, 1.82) is 0 Å². The Morgan fingerprint density at radius 1 is 1.31 bits per heavy atom. The Morgan fingerprint density at radius 2 is 1.88 bits per heavy atom. The molecule has 5 heteroatoms. The van der Waals surface area contributed by atoms with Crippen LogP contribution in [-0.4, -0.2) is 27.4 Å². The van der Waals surface area contributed by atoms with Crippen molar-refractivity contribution >= 4 is 9.84 Å². The maximum atomic E-state index is 12.7. The van der Waals surface area contributed by atoms with Crippen molar-refractivity contribution in [2.75, 3.05) is 13.7 Å². The summed E-state index contributed by atoms with van der Waals surface area (Å²) in [5.74, 6) is -0.441. The van der Waals surface area contributed by atoms with Gasteiger partial charge < -0.3 is 4.74 Å². The van der Waals surface area contributed by atoms with E-state index in [-0.39, 0.29) is 4.90 Å². The van der Waals surface area contributed by atoms with Crippen LogP contribution in [0.1, 0.15) is 13.3 Å². The molecule has 0 N–H and O–H groups in total. The molecule has 0 saturated heterocycles. The molecule has 0 aromatic heterocycles. The molecule has 0 aliphatic rings. The quantitative estimate of drug-likeness (QED) is 0.747. The summed E-state index contributed by atoms with van der Waals surface area (Å²) < 4.78 is 41.4. The molecular formula is C11H15FO3S. The molecule has 0 saturated carbocycles. The number of methoxy groups -OCH3 is 1. The van der Waals surface area contributed by atoms with E-state index in [0.717, 1.165) is 12.1 Å². The minimum atomic E-state index is -3.37. The molecule has 0 aliphatic carbocycles. The maximum Gasteiger partial charge on any atom is 0.181 e. The second-order valence-electron chi connectivity index (χ2n) is 3.59. The van der Waals surface area contributed by atoms with Crippen LogP contribution < -0.4 is 0 Å². The van der Waals surface area contributed by atoms with Gasteiger partial charge in [0.15, 0.2) is 9.84 Å². The molecule has 1 atom stereocenters. The smallest absolute Gasteiger partial charge is 0.181 e. The molecule has 3 nitrogen and oxygen atoms in total. The first-order chi connectivity index (χ1) is 7.48. The summed E-state index contributed by atoms with van der Waals surface area (Å²) in [7, 11) is -1.85. The second kappa shape index (κ2) is 5.41. The standard InChI is InChI=1S/C11H15FO3S/c1-9(7-8-15-2)16(13,14)11-5-3-10(12)4-6-11/h3-6,9H,7-8H2,1-2H3. The van der Waals surface area contributed by atoms with Crippen LogP contribution in [0.15, 0.2) is 29.2 Å². The van der Waals surface area contributed by atoms with Gasteiger partial charge in [0.2, 0.25) is 0 Å². The lowest BCUT2D eigenvalue weighted by atomic mass is 10.3. The lowest BCUT2D eigenvalue weighted by Gasteiger charge is -2.12. The Kier molecular flexibility index (Phi) is 4.44. The Balaban J connectivity index is 2.89. The molecule has 0 spiro atoms. The third-order valence-corrected chi connectivity index (χ3v) is 4.62. The van der Waals surface area contributed by atoms with Crippen molar-refractivity contribution in [3.05, 3.63) is 30.1 Å². The zero-order valence-electron chi connectivity index (χ0n) is 9.31. The summed E-state index contributed by atoms with van der Waals surface area (Å²) in [6.07, 6.45) is 0.427. The van der Waals surface area contributed by atoms with Crippen LogP contribution in [0.4, 0.5) is 4.39 Å². The van der Waals surface area contributed by atoms with E-state index in [1.807, 2.05) is 0 Å². The number of rotatable bonds is 5. The molecule has 0 amide bonds. The van der Waals surface area contributed by atoms with Crippen molar-refractivity contribution < 1.29 is 17.5 Å². The maximum absolute atomic E-state index is 12.7. The Labute approximate surface area is 95.2 Å². The summed E-state index contributed by atoms with van der Waals surface area (Å²) in [6.45, 7) is 2.01. The van der Waals surface area contributed by atoms with E-state index in [1.165, 1.54) is 19.2 Å². The third-order valence-electron chi connectivity index (χ3n) is 2.40. The minimum absolute atomic E-state index is 0.150. The molecule has 0 fully saturated rings. The van der Waals surface area contributed by atoms with Crippen LogP contribution in [0, 0.1) is 5.82 Å². The average Bonchev–Trinajstić information content (AvgIpc) is 2.26. The lowest BCUT2D eigenvalue weighted by Crippen LogP contribution is -2.19. The van der Waals surface area contributed by atoms with Crippen molar-refractivity contribution in [2.45, 2.75) is 23.5 Å². The van der Waals surface area contributed by atoms with Gasteiger partial charge in [0.1, 0.15) is 5.82 Å². The van der Waals surface area contributed by atoms with Gasteiger partial charge in [-0.3, -0.25) is 0 Å². The van der Waals surface area contributed by atoms with Crippen LogP contribution in [0.5, 0.6) is 0 Å². The molecule has 0 radical (unpaired) electrons. The van der Waals surface area contributed by atoms with Crippen LogP contribution >= 0.6 is 0 Å². The van der Waals surface area contributed by atoms with Gasteiger partial charge in [-0.2, -0.15) is 0 Å². The predicted molar refractivity (Wildman–Crippen MR) is 59.5 cm³/mol. The van der Waals surface area contributed by atoms with Crippen LogP contribution in [0.3, 0.4) is 0 Å². The largest absolute Gasteiger partial charge is 0.385 e. The van der Waals surface area contributed by atoms with Crippen molar-refractivity contribution in [1.82, 2.24) is 0 Å². The fourth-order valence-corrected chi connectivity index (χ4v) is 2.68. The van der Waals surface area contributed by atoms with E-state index in [2.05, 4.69) is 0 Å². The highest BCUT2D eigenvalue weighted by atomic mass is 32.2. The highest BCUT2D eigenvalue weighted by Gasteiger charge is 2.22. The van der Waals surface area contributed by atoms with Crippen LogP contribution in [0.25, 0.3) is 0 Å². The highest BCUT2D eigenvalue weighted by molar-refractivity contribution is 7.92. The van der Waals surface area contributed by atoms with E-state index in [1.54, 1.807) is 6.92 Å². The third kappa shape index (κ3) is 3.02. The summed E-state index contributed by atoms with van der Waals surface area (Å²) in [5.41, 5.74) is 0. The number of hydrogen-bond donors (Lipinski definition) is 0. The molecule has 0 aliphatic heterocycles. The number of ether oxygens (including phenoxy) is 1. The molecule has 1 aromatic carbocycles. The van der Waals surface area contributed by atoms with Crippen LogP contribution in [-0.2, 0) is 14.6 Å². The van der Waals surface area contributed by atoms with Gasteiger partial charge in [0, 0.05) is 13.7 Å². The molecule has 0 heterocycles. The molecule has 1 aromatic rings. The molecule has 1 unspecified atom stereocenters. The SMILES string of the molecule is COCCC(C)S(=O)(=O)c1ccc(F)cc1. The molecular weight excluding hydrogens is 231 g/mol. The molecule has 1 rings (SSSR count). The van der Waals surface area contributed by atoms with Crippen molar-refractivity contribution in [3.63, 3.8) is 0 Å². The summed E-state index contributed by atoms with van der Waals surface area (Å²) in [5, 5.41) is -0.530. The van der Waals surface area contributed by atoms with E-state index in [4.69, 9.17) is 4.74 Å². The van der Waals surface area contributed by atoms with Crippen molar-refractivity contribution in [2.24, 2.45) is 0 Å². The van der Waals surface area contributed by atoms with E-state index >= 15 is 0 Å². The second-order valence-corrected chi connectivity index (χ2v) is 5.96. The zero-order valence-corrected chi connectivity index (χ0v) is 10.1. The van der Waals surface area contributed by atoms with Gasteiger partial charge in [-0.05, 0) is 37.6 Å². The minimum Gasteiger partial charge on any atom is -0.385 e. The Bertz CT molecular complexity index is 425. The molecule has 16 heavy (non-hydrogen) atoms. The van der Waals surface area contributed by atoms with Gasteiger partial charge in [0.05, 0.1) is 10.1 Å². The van der Waals surface area contributed by atoms with Gasteiger partial charge >= 0.3 is 0 Å².